The maximum Gasteiger partial charge on any atom is 0.0407 e. The lowest BCUT2D eigenvalue weighted by Crippen LogP contribution is -2.18. The minimum Gasteiger partial charge on any atom is -0.371 e. The maximum atomic E-state index is 3.52. The molecule has 0 bridgehead atoms. The fourth-order valence-corrected chi connectivity index (χ4v) is 2.23. The number of benzene rings is 1. The minimum absolute atomic E-state index is 1.18. The van der Waals surface area contributed by atoms with Crippen LogP contribution in [0, 0.1) is 6.92 Å². The molecule has 13 heavy (non-hydrogen) atoms. The fraction of sp³-hybridized carbons (Fsp3) is 0.455. The van der Waals surface area contributed by atoms with Crippen LogP contribution in [0.2, 0.25) is 0 Å². The zero-order valence-corrected chi connectivity index (χ0v) is 9.47. The minimum atomic E-state index is 1.18. The summed E-state index contributed by atoms with van der Waals surface area (Å²) in [4.78, 5) is 2.47. The second-order valence-electron chi connectivity index (χ2n) is 3.62. The van der Waals surface area contributed by atoms with Crippen LogP contribution in [0.25, 0.3) is 0 Å². The van der Waals surface area contributed by atoms with Crippen molar-refractivity contribution in [2.24, 2.45) is 0 Å². The summed E-state index contributed by atoms with van der Waals surface area (Å²) < 4.78 is 1.18. The Kier molecular flexibility index (Phi) is 2.58. The van der Waals surface area contributed by atoms with Gasteiger partial charge >= 0.3 is 0 Å². The molecule has 1 aromatic rings. The quantitative estimate of drug-likeness (QED) is 0.727. The van der Waals surface area contributed by atoms with Gasteiger partial charge in [-0.05, 0) is 37.5 Å². The van der Waals surface area contributed by atoms with Gasteiger partial charge in [0.25, 0.3) is 0 Å². The molecule has 0 aromatic heterocycles. The first-order valence-corrected chi connectivity index (χ1v) is 5.58. The number of rotatable bonds is 1. The lowest BCUT2D eigenvalue weighted by Gasteiger charge is -2.20. The van der Waals surface area contributed by atoms with Gasteiger partial charge in [0.2, 0.25) is 0 Å². The molecule has 0 aliphatic carbocycles. The molecule has 1 aliphatic heterocycles. The van der Waals surface area contributed by atoms with Gasteiger partial charge in [0.1, 0.15) is 0 Å². The second kappa shape index (κ2) is 3.70. The lowest BCUT2D eigenvalue weighted by atomic mass is 10.2. The summed E-state index contributed by atoms with van der Waals surface area (Å²) in [6.07, 6.45) is 2.68. The molecule has 0 saturated carbocycles. The van der Waals surface area contributed by atoms with Crippen molar-refractivity contribution in [1.82, 2.24) is 0 Å². The van der Waals surface area contributed by atoms with Crippen molar-refractivity contribution in [2.75, 3.05) is 18.0 Å². The van der Waals surface area contributed by atoms with E-state index >= 15 is 0 Å². The van der Waals surface area contributed by atoms with Crippen molar-refractivity contribution in [3.63, 3.8) is 0 Å². The van der Waals surface area contributed by atoms with Crippen LogP contribution in [0.1, 0.15) is 18.4 Å². The van der Waals surface area contributed by atoms with E-state index in [1.165, 1.54) is 41.7 Å². The largest absolute Gasteiger partial charge is 0.371 e. The number of hydrogen-bond donors (Lipinski definition) is 0. The van der Waals surface area contributed by atoms with Gasteiger partial charge in [0, 0.05) is 23.2 Å². The van der Waals surface area contributed by atoms with Gasteiger partial charge in [-0.25, -0.2) is 0 Å². The number of nitrogens with zero attached hydrogens (tertiary/aromatic N) is 1. The van der Waals surface area contributed by atoms with Crippen molar-refractivity contribution in [3.05, 3.63) is 28.2 Å². The van der Waals surface area contributed by atoms with Crippen molar-refractivity contribution < 1.29 is 0 Å². The maximum absolute atomic E-state index is 3.52. The standard InChI is InChI=1S/C11H14BrN/c1-9-4-5-10(12)8-11(9)13-6-2-3-7-13/h4-5,8H,2-3,6-7H2,1H3. The summed E-state index contributed by atoms with van der Waals surface area (Å²) in [5.41, 5.74) is 2.77. The van der Waals surface area contributed by atoms with E-state index in [1.807, 2.05) is 0 Å². The SMILES string of the molecule is Cc1ccc(Br)cc1N1CCCC1. The number of halogens is 1. The van der Waals surface area contributed by atoms with E-state index in [2.05, 4.69) is 46.0 Å². The van der Waals surface area contributed by atoms with Crippen molar-refractivity contribution >= 4 is 21.6 Å². The van der Waals surface area contributed by atoms with E-state index in [1.54, 1.807) is 0 Å². The van der Waals surface area contributed by atoms with Crippen LogP contribution in [0.4, 0.5) is 5.69 Å². The molecule has 2 rings (SSSR count). The zero-order valence-electron chi connectivity index (χ0n) is 7.89. The molecular weight excluding hydrogens is 226 g/mol. The van der Waals surface area contributed by atoms with E-state index in [4.69, 9.17) is 0 Å². The van der Waals surface area contributed by atoms with Gasteiger partial charge < -0.3 is 4.90 Å². The van der Waals surface area contributed by atoms with Crippen LogP contribution < -0.4 is 4.90 Å². The van der Waals surface area contributed by atoms with E-state index in [0.29, 0.717) is 0 Å². The highest BCUT2D eigenvalue weighted by molar-refractivity contribution is 9.10. The fourth-order valence-electron chi connectivity index (χ4n) is 1.88. The third kappa shape index (κ3) is 1.88. The Bertz CT molecular complexity index is 303. The Morgan fingerprint density at radius 1 is 1.23 bits per heavy atom. The first-order valence-electron chi connectivity index (χ1n) is 4.78. The summed E-state index contributed by atoms with van der Waals surface area (Å²) in [6.45, 7) is 4.62. The van der Waals surface area contributed by atoms with E-state index in [0.717, 1.165) is 0 Å². The van der Waals surface area contributed by atoms with E-state index < -0.39 is 0 Å². The molecule has 0 amide bonds. The molecule has 0 radical (unpaired) electrons. The normalized spacial score (nSPS) is 16.6. The van der Waals surface area contributed by atoms with Crippen LogP contribution in [0.15, 0.2) is 22.7 Å². The summed E-state index contributed by atoms with van der Waals surface area (Å²) in [6, 6.07) is 6.51. The highest BCUT2D eigenvalue weighted by Crippen LogP contribution is 2.27. The van der Waals surface area contributed by atoms with Crippen molar-refractivity contribution in [3.8, 4) is 0 Å². The Morgan fingerprint density at radius 3 is 2.62 bits per heavy atom. The van der Waals surface area contributed by atoms with E-state index in [9.17, 15) is 0 Å². The molecule has 0 N–H and O–H groups in total. The van der Waals surface area contributed by atoms with Crippen LogP contribution in [-0.4, -0.2) is 13.1 Å². The smallest absolute Gasteiger partial charge is 0.0407 e. The summed E-state index contributed by atoms with van der Waals surface area (Å²) in [5, 5.41) is 0. The highest BCUT2D eigenvalue weighted by Gasteiger charge is 2.13. The lowest BCUT2D eigenvalue weighted by molar-refractivity contribution is 0.949. The van der Waals surface area contributed by atoms with Crippen LogP contribution in [0.3, 0.4) is 0 Å². The average molecular weight is 240 g/mol. The molecule has 0 spiro atoms. The summed E-state index contributed by atoms with van der Waals surface area (Å²) in [7, 11) is 0. The Morgan fingerprint density at radius 2 is 1.92 bits per heavy atom. The van der Waals surface area contributed by atoms with Crippen LogP contribution in [0.5, 0.6) is 0 Å². The summed E-state index contributed by atoms with van der Waals surface area (Å²) >= 11 is 3.52. The highest BCUT2D eigenvalue weighted by atomic mass is 79.9. The van der Waals surface area contributed by atoms with Crippen molar-refractivity contribution in [1.29, 1.82) is 0 Å². The molecule has 0 unspecified atom stereocenters. The Balaban J connectivity index is 2.32. The Labute approximate surface area is 87.9 Å². The molecule has 1 aliphatic rings. The third-order valence-corrected chi connectivity index (χ3v) is 3.11. The molecule has 0 atom stereocenters. The molecule has 70 valence electrons. The van der Waals surface area contributed by atoms with Gasteiger partial charge in [0.05, 0.1) is 0 Å². The predicted octanol–water partition coefficient (Wildman–Crippen LogP) is 3.36. The molecule has 2 heteroatoms. The molecule has 1 heterocycles. The molecule has 1 fully saturated rings. The predicted molar refractivity (Wildman–Crippen MR) is 60.3 cm³/mol. The number of anilines is 1. The topological polar surface area (TPSA) is 3.24 Å². The zero-order chi connectivity index (χ0) is 9.26. The average Bonchev–Trinajstić information content (AvgIpc) is 2.61. The first kappa shape index (κ1) is 9.07. The number of hydrogen-bond acceptors (Lipinski definition) is 1. The molecular formula is C11H14BrN. The van der Waals surface area contributed by atoms with Gasteiger partial charge in [-0.1, -0.05) is 22.0 Å². The van der Waals surface area contributed by atoms with Crippen molar-refractivity contribution in [2.45, 2.75) is 19.8 Å². The van der Waals surface area contributed by atoms with Crippen LogP contribution in [-0.2, 0) is 0 Å². The number of aryl methyl sites for hydroxylation is 1. The monoisotopic (exact) mass is 239 g/mol. The Hall–Kier alpha value is -0.500. The van der Waals surface area contributed by atoms with Gasteiger partial charge in [0.15, 0.2) is 0 Å². The second-order valence-corrected chi connectivity index (χ2v) is 4.54. The van der Waals surface area contributed by atoms with E-state index in [-0.39, 0.29) is 0 Å². The first-order chi connectivity index (χ1) is 6.27. The molecule has 1 aromatic carbocycles. The summed E-state index contributed by atoms with van der Waals surface area (Å²) in [5.74, 6) is 0. The van der Waals surface area contributed by atoms with Gasteiger partial charge in [-0.2, -0.15) is 0 Å². The van der Waals surface area contributed by atoms with Gasteiger partial charge in [-0.3, -0.25) is 0 Å². The molecule has 1 saturated heterocycles. The molecule has 1 nitrogen and oxygen atoms in total. The van der Waals surface area contributed by atoms with Gasteiger partial charge in [-0.15, -0.1) is 0 Å². The third-order valence-electron chi connectivity index (χ3n) is 2.62. The van der Waals surface area contributed by atoms with Crippen LogP contribution >= 0.6 is 15.9 Å².